The van der Waals surface area contributed by atoms with Crippen LogP contribution in [0.3, 0.4) is 0 Å². The molecule has 2 aliphatic rings. The molecule has 8 heteroatoms. The van der Waals surface area contributed by atoms with Crippen molar-refractivity contribution in [3.05, 3.63) is 53.6 Å². The van der Waals surface area contributed by atoms with Crippen molar-refractivity contribution in [2.45, 2.75) is 62.6 Å². The maximum atomic E-state index is 13.5. The number of carbonyl (C=O) groups is 1. The third-order valence-corrected chi connectivity index (χ3v) is 7.15. The Morgan fingerprint density at radius 2 is 1.96 bits per heavy atom. The Balaban J connectivity index is 1.63. The number of hydrogen-bond acceptors (Lipinski definition) is 5. The average Bonchev–Trinajstić information content (AvgIpc) is 3.12. The first-order chi connectivity index (χ1) is 13.4. The zero-order chi connectivity index (χ0) is 19.8. The zero-order valence-electron chi connectivity index (χ0n) is 15.9. The molecule has 0 atom stereocenters. The molecule has 2 heterocycles. The summed E-state index contributed by atoms with van der Waals surface area (Å²) in [7, 11) is -3.81. The molecule has 7 nitrogen and oxygen atoms in total. The summed E-state index contributed by atoms with van der Waals surface area (Å²) < 4.78 is 29.0. The van der Waals surface area contributed by atoms with Crippen LogP contribution in [0.25, 0.3) is 0 Å². The summed E-state index contributed by atoms with van der Waals surface area (Å²) in [5.74, 6) is -0.165. The largest absolute Gasteiger partial charge is 0.331 e. The predicted octanol–water partition coefficient (Wildman–Crippen LogP) is 2.31. The smallest absolute Gasteiger partial charge is 0.244 e. The van der Waals surface area contributed by atoms with Gasteiger partial charge in [0, 0.05) is 18.3 Å². The van der Waals surface area contributed by atoms with E-state index in [1.165, 1.54) is 6.33 Å². The fraction of sp³-hybridized carbons (Fsp3) is 0.450. The summed E-state index contributed by atoms with van der Waals surface area (Å²) in [6.07, 6.45) is 6.87. The summed E-state index contributed by atoms with van der Waals surface area (Å²) in [5, 5.41) is 0. The Hall–Kier alpha value is -2.32. The molecule has 1 saturated carbocycles. The Kier molecular flexibility index (Phi) is 4.93. The second-order valence-corrected chi connectivity index (χ2v) is 9.40. The summed E-state index contributed by atoms with van der Waals surface area (Å²) in [4.78, 5) is 23.7. The van der Waals surface area contributed by atoms with E-state index in [2.05, 4.69) is 14.7 Å². The van der Waals surface area contributed by atoms with E-state index in [0.717, 1.165) is 36.1 Å². The summed E-state index contributed by atoms with van der Waals surface area (Å²) in [6.45, 7) is 2.66. The van der Waals surface area contributed by atoms with Gasteiger partial charge in [-0.05, 0) is 37.5 Å². The van der Waals surface area contributed by atoms with Gasteiger partial charge in [0.2, 0.25) is 15.9 Å². The molecule has 28 heavy (non-hydrogen) atoms. The van der Waals surface area contributed by atoms with Gasteiger partial charge < -0.3 is 4.90 Å². The second-order valence-electron chi connectivity index (χ2n) is 7.72. The van der Waals surface area contributed by atoms with Crippen molar-refractivity contribution < 1.29 is 13.2 Å². The highest BCUT2D eigenvalue weighted by atomic mass is 32.2. The Labute approximate surface area is 165 Å². The lowest BCUT2D eigenvalue weighted by Gasteiger charge is -2.38. The lowest BCUT2D eigenvalue weighted by atomic mass is 9.81. The molecule has 1 N–H and O–H groups in total. The van der Waals surface area contributed by atoms with Crippen LogP contribution in [-0.2, 0) is 27.9 Å². The summed E-state index contributed by atoms with van der Waals surface area (Å²) >= 11 is 0. The molecule has 4 rings (SSSR count). The van der Waals surface area contributed by atoms with E-state index in [1.54, 1.807) is 29.3 Å². The van der Waals surface area contributed by atoms with Crippen molar-refractivity contribution >= 4 is 15.9 Å². The van der Waals surface area contributed by atoms with Gasteiger partial charge in [-0.2, -0.15) is 4.72 Å². The number of aryl methyl sites for hydroxylation is 1. The van der Waals surface area contributed by atoms with Gasteiger partial charge in [-0.15, -0.1) is 0 Å². The number of rotatable bonds is 4. The van der Waals surface area contributed by atoms with Gasteiger partial charge in [0.1, 0.15) is 11.9 Å². The van der Waals surface area contributed by atoms with E-state index < -0.39 is 15.6 Å². The van der Waals surface area contributed by atoms with Crippen molar-refractivity contribution in [1.82, 2.24) is 19.6 Å². The molecule has 1 aromatic heterocycles. The van der Waals surface area contributed by atoms with Crippen molar-refractivity contribution in [1.29, 1.82) is 0 Å². The molecule has 2 aromatic rings. The van der Waals surface area contributed by atoms with Crippen LogP contribution in [0.5, 0.6) is 0 Å². The third kappa shape index (κ3) is 3.54. The molecule has 0 bridgehead atoms. The Bertz CT molecular complexity index is 975. The van der Waals surface area contributed by atoms with Gasteiger partial charge in [-0.3, -0.25) is 4.79 Å². The van der Waals surface area contributed by atoms with Gasteiger partial charge in [0.05, 0.1) is 17.1 Å². The Morgan fingerprint density at radius 3 is 2.68 bits per heavy atom. The number of benzene rings is 1. The molecule has 1 amide bonds. The topological polar surface area (TPSA) is 92.3 Å². The highest BCUT2D eigenvalue weighted by Gasteiger charge is 2.46. The maximum absolute atomic E-state index is 13.5. The molecular formula is C20H24N4O3S. The molecule has 1 aromatic carbocycles. The number of fused-ring (bicyclic) bond motifs is 1. The van der Waals surface area contributed by atoms with E-state index in [4.69, 9.17) is 0 Å². The number of nitrogens with zero attached hydrogens (tertiary/aromatic N) is 3. The molecule has 0 spiro atoms. The number of carbonyl (C=O) groups excluding carboxylic acids is 1. The molecule has 148 valence electrons. The van der Waals surface area contributed by atoms with Crippen molar-refractivity contribution in [2.24, 2.45) is 0 Å². The lowest BCUT2D eigenvalue weighted by molar-refractivity contribution is -0.139. The number of aromatic nitrogens is 2. The van der Waals surface area contributed by atoms with E-state index >= 15 is 0 Å². The fourth-order valence-corrected chi connectivity index (χ4v) is 5.68. The standard InChI is InChI=1S/C20H24N4O3S/c1-15-6-5-7-17(10-15)28(26,27)23-20(8-3-2-4-9-20)19(25)24-12-16-11-21-14-22-18(16)13-24/h5-7,10-11,14,23H,2-4,8-9,12-13H2,1H3. The van der Waals surface area contributed by atoms with Gasteiger partial charge in [-0.1, -0.05) is 31.4 Å². The van der Waals surface area contributed by atoms with Crippen LogP contribution in [0.1, 0.15) is 48.9 Å². The maximum Gasteiger partial charge on any atom is 0.244 e. The van der Waals surface area contributed by atoms with Crippen LogP contribution in [0.2, 0.25) is 0 Å². The number of amides is 1. The monoisotopic (exact) mass is 400 g/mol. The van der Waals surface area contributed by atoms with E-state index in [-0.39, 0.29) is 10.8 Å². The minimum atomic E-state index is -3.81. The molecule has 1 aliphatic heterocycles. The molecule has 1 fully saturated rings. The van der Waals surface area contributed by atoms with Gasteiger partial charge in [0.25, 0.3) is 0 Å². The van der Waals surface area contributed by atoms with Gasteiger partial charge >= 0.3 is 0 Å². The predicted molar refractivity (Wildman–Crippen MR) is 104 cm³/mol. The number of hydrogen-bond donors (Lipinski definition) is 1. The normalized spacial score (nSPS) is 18.7. The van der Waals surface area contributed by atoms with Crippen LogP contribution >= 0.6 is 0 Å². The minimum Gasteiger partial charge on any atom is -0.331 e. The van der Waals surface area contributed by atoms with Gasteiger partial charge in [0.15, 0.2) is 0 Å². The summed E-state index contributed by atoms with van der Waals surface area (Å²) in [5.41, 5.74) is 1.51. The third-order valence-electron chi connectivity index (χ3n) is 5.62. The highest BCUT2D eigenvalue weighted by molar-refractivity contribution is 7.89. The van der Waals surface area contributed by atoms with Crippen LogP contribution in [0, 0.1) is 6.92 Å². The number of sulfonamides is 1. The van der Waals surface area contributed by atoms with E-state index in [0.29, 0.717) is 25.9 Å². The van der Waals surface area contributed by atoms with E-state index in [1.807, 2.05) is 13.0 Å². The first-order valence-electron chi connectivity index (χ1n) is 9.57. The lowest BCUT2D eigenvalue weighted by Crippen LogP contribution is -2.59. The SMILES string of the molecule is Cc1cccc(S(=O)(=O)NC2(C(=O)N3Cc4cncnc4C3)CCCCC2)c1. The van der Waals surface area contributed by atoms with Crippen LogP contribution in [0.4, 0.5) is 0 Å². The molecule has 0 radical (unpaired) electrons. The van der Waals surface area contributed by atoms with Crippen molar-refractivity contribution in [3.8, 4) is 0 Å². The first kappa shape index (κ1) is 19.0. The fourth-order valence-electron chi connectivity index (χ4n) is 4.16. The van der Waals surface area contributed by atoms with Gasteiger partial charge in [-0.25, -0.2) is 18.4 Å². The van der Waals surface area contributed by atoms with Crippen molar-refractivity contribution in [3.63, 3.8) is 0 Å². The van der Waals surface area contributed by atoms with Crippen LogP contribution in [-0.4, -0.2) is 34.7 Å². The van der Waals surface area contributed by atoms with Crippen molar-refractivity contribution in [2.75, 3.05) is 0 Å². The van der Waals surface area contributed by atoms with Crippen LogP contribution in [0.15, 0.2) is 41.7 Å². The molecule has 0 unspecified atom stereocenters. The zero-order valence-corrected chi connectivity index (χ0v) is 16.7. The second kappa shape index (κ2) is 7.25. The average molecular weight is 401 g/mol. The number of nitrogens with one attached hydrogen (secondary N) is 1. The minimum absolute atomic E-state index is 0.165. The molecular weight excluding hydrogens is 376 g/mol. The summed E-state index contributed by atoms with van der Waals surface area (Å²) in [6, 6.07) is 6.76. The molecule has 0 saturated heterocycles. The quantitative estimate of drug-likeness (QED) is 0.850. The van der Waals surface area contributed by atoms with E-state index in [9.17, 15) is 13.2 Å². The Morgan fingerprint density at radius 1 is 1.18 bits per heavy atom. The molecule has 1 aliphatic carbocycles. The van der Waals surface area contributed by atoms with Crippen LogP contribution < -0.4 is 4.72 Å². The first-order valence-corrected chi connectivity index (χ1v) is 11.1. The highest BCUT2D eigenvalue weighted by Crippen LogP contribution is 2.34.